The van der Waals surface area contributed by atoms with E-state index >= 15 is 0 Å². The zero-order valence-corrected chi connectivity index (χ0v) is 26.9. The van der Waals surface area contributed by atoms with Crippen molar-refractivity contribution in [3.8, 4) is 0 Å². The molecule has 0 aliphatic rings. The zero-order valence-electron chi connectivity index (χ0n) is 20.8. The molecule has 0 radical (unpaired) electrons. The van der Waals surface area contributed by atoms with Crippen molar-refractivity contribution in [2.45, 2.75) is 67.5 Å². The van der Waals surface area contributed by atoms with Crippen molar-refractivity contribution in [2.75, 3.05) is 0 Å². The Kier molecular flexibility index (Phi) is 14.3. The molecule has 0 N–H and O–H groups in total. The second-order valence-corrected chi connectivity index (χ2v) is 21.3. The fourth-order valence-electron chi connectivity index (χ4n) is 3.71. The van der Waals surface area contributed by atoms with E-state index in [4.69, 9.17) is 0 Å². The third-order valence-electron chi connectivity index (χ3n) is 5.58. The Morgan fingerprint density at radius 2 is 0.938 bits per heavy atom. The first-order chi connectivity index (χ1) is 14.2. The molecule has 0 aromatic heterocycles. The number of fused-ring (bicyclic) bond motifs is 2. The van der Waals surface area contributed by atoms with Crippen LogP contribution in [0, 0.1) is 27.7 Å². The summed E-state index contributed by atoms with van der Waals surface area (Å²) in [6, 6.07) is 18.1. The fraction of sp³-hybridized carbons (Fsp3) is 0.357. The number of halogens is 2. The van der Waals surface area contributed by atoms with Gasteiger partial charge >= 0.3 is 41.6 Å². The van der Waals surface area contributed by atoms with Crippen molar-refractivity contribution in [1.82, 2.24) is 0 Å². The average Bonchev–Trinajstić information content (AvgIpc) is 3.33. The van der Waals surface area contributed by atoms with Gasteiger partial charge in [-0.2, -0.15) is 12.1 Å². The zero-order chi connectivity index (χ0) is 22.4. The van der Waals surface area contributed by atoms with E-state index in [1.54, 1.807) is 0 Å². The Hall–Kier alpha value is -0.673. The molecule has 4 rings (SSSR count). The summed E-state index contributed by atoms with van der Waals surface area (Å²) in [4.78, 5) is 0. The third kappa shape index (κ3) is 8.28. The van der Waals surface area contributed by atoms with E-state index < -0.39 is 0 Å². The molecule has 0 amide bonds. The molecule has 0 heterocycles. The molecule has 0 spiro atoms. The van der Waals surface area contributed by atoms with Crippen LogP contribution in [0.25, 0.3) is 21.5 Å². The normalized spacial score (nSPS) is 9.81. The predicted octanol–water partition coefficient (Wildman–Crippen LogP) is 2.27. The maximum absolute atomic E-state index is 2.33. The van der Waals surface area contributed by atoms with Gasteiger partial charge in [-0.25, -0.2) is 0 Å². The summed E-state index contributed by atoms with van der Waals surface area (Å²) >= 11 is 1.45. The van der Waals surface area contributed by atoms with E-state index in [0.717, 1.165) is 12.8 Å². The van der Waals surface area contributed by atoms with E-state index in [1.807, 2.05) is 0 Å². The van der Waals surface area contributed by atoms with Crippen molar-refractivity contribution < 1.29 is 47.8 Å². The van der Waals surface area contributed by atoms with Crippen LogP contribution >= 0.6 is 0 Å². The number of hydrogen-bond donors (Lipinski definition) is 0. The van der Waals surface area contributed by atoms with Crippen LogP contribution in [-0.4, -0.2) is 5.49 Å². The molecule has 4 aromatic rings. The molecule has 0 aliphatic carbocycles. The monoisotopic (exact) mass is 650 g/mol. The van der Waals surface area contributed by atoms with Crippen LogP contribution in [0.2, 0.25) is 13.1 Å². The van der Waals surface area contributed by atoms with Gasteiger partial charge in [-0.3, -0.25) is 0 Å². The Morgan fingerprint density at radius 1 is 0.656 bits per heavy atom. The molecule has 0 saturated carbocycles. The summed E-state index contributed by atoms with van der Waals surface area (Å²) in [5, 5.41) is 5.71. The topological polar surface area (TPSA) is 0 Å². The molecular formula is C28H36Cl2HfSi-2. The van der Waals surface area contributed by atoms with Gasteiger partial charge in [0.05, 0.1) is 0 Å². The Morgan fingerprint density at radius 3 is 1.19 bits per heavy atom. The van der Waals surface area contributed by atoms with Crippen LogP contribution in [0.4, 0.5) is 0 Å². The molecule has 4 heteroatoms. The maximum Gasteiger partial charge on any atom is -1.00 e. The van der Waals surface area contributed by atoms with Gasteiger partial charge in [0.15, 0.2) is 0 Å². The third-order valence-corrected chi connectivity index (χ3v) is 5.58. The SMILES string of the molecule is CCc1cc2c(C)ccc(C)c2[cH-]1.CCc1cc2c(C)ccc(C)c2[cH-]1.C[Si](C)=[Hf+2].[Cl-].[Cl-]. The van der Waals surface area contributed by atoms with Gasteiger partial charge < -0.3 is 24.8 Å². The van der Waals surface area contributed by atoms with Crippen molar-refractivity contribution in [2.24, 2.45) is 0 Å². The standard InChI is InChI=1S/2C13H15.C2H6Si.2ClH.Hf/c2*1-4-11-7-12-9(2)5-6-10(3)13(12)8-11;1-3-2;;;/h2*5-8H,4H2,1-3H3;1-2H3;2*1H;/q2*-1;;;;+2/p-2. The average molecular weight is 650 g/mol. The van der Waals surface area contributed by atoms with Gasteiger partial charge in [-0.1, -0.05) is 51.0 Å². The van der Waals surface area contributed by atoms with Gasteiger partial charge in [-0.05, 0) is 26.7 Å². The van der Waals surface area contributed by atoms with E-state index in [2.05, 4.69) is 103 Å². The molecule has 32 heavy (non-hydrogen) atoms. The van der Waals surface area contributed by atoms with Crippen molar-refractivity contribution in [1.29, 1.82) is 0 Å². The molecule has 0 fully saturated rings. The number of hydrogen-bond acceptors (Lipinski definition) is 0. The van der Waals surface area contributed by atoms with Crippen LogP contribution in [0.5, 0.6) is 0 Å². The van der Waals surface area contributed by atoms with Gasteiger partial charge in [0.25, 0.3) is 0 Å². The van der Waals surface area contributed by atoms with Crippen LogP contribution < -0.4 is 24.8 Å². The van der Waals surface area contributed by atoms with Crippen LogP contribution in [-0.2, 0) is 35.8 Å². The van der Waals surface area contributed by atoms with Crippen LogP contribution in [0.15, 0.2) is 48.5 Å². The molecule has 0 nitrogen and oxygen atoms in total. The molecule has 0 aliphatic heterocycles. The van der Waals surface area contributed by atoms with E-state index in [0.29, 0.717) is 0 Å². The van der Waals surface area contributed by atoms with Crippen LogP contribution in [0.1, 0.15) is 47.2 Å². The number of benzene rings is 2. The quantitative estimate of drug-likeness (QED) is 0.231. The predicted molar refractivity (Wildman–Crippen MR) is 134 cm³/mol. The minimum atomic E-state index is 0. The van der Waals surface area contributed by atoms with Gasteiger partial charge in [0.2, 0.25) is 0 Å². The van der Waals surface area contributed by atoms with Crippen molar-refractivity contribution >= 4 is 27.0 Å². The smallest absolute Gasteiger partial charge is 1.00 e. The molecule has 0 bridgehead atoms. The molecular weight excluding hydrogens is 614 g/mol. The second-order valence-electron chi connectivity index (χ2n) is 8.49. The number of aryl methyl sites for hydroxylation is 6. The van der Waals surface area contributed by atoms with Gasteiger partial charge in [0.1, 0.15) is 0 Å². The minimum Gasteiger partial charge on any atom is -1.00 e. The molecule has 0 saturated heterocycles. The summed E-state index contributed by atoms with van der Waals surface area (Å²) in [6.45, 7) is 17.8. The Balaban J connectivity index is 0.000000490. The first-order valence-corrected chi connectivity index (χ1v) is 18.9. The van der Waals surface area contributed by atoms with Gasteiger partial charge in [0, 0.05) is 0 Å². The minimum absolute atomic E-state index is 0. The maximum atomic E-state index is 2.33. The fourth-order valence-corrected chi connectivity index (χ4v) is 3.71. The Bertz CT molecular complexity index is 983. The molecule has 4 aromatic carbocycles. The summed E-state index contributed by atoms with van der Waals surface area (Å²) in [6.07, 6.45) is 2.26. The van der Waals surface area contributed by atoms with Crippen molar-refractivity contribution in [3.63, 3.8) is 0 Å². The summed E-state index contributed by atoms with van der Waals surface area (Å²) < 4.78 is 0. The van der Waals surface area contributed by atoms with E-state index in [-0.39, 0.29) is 30.3 Å². The largest absolute Gasteiger partial charge is 1.00 e. The van der Waals surface area contributed by atoms with E-state index in [9.17, 15) is 0 Å². The van der Waals surface area contributed by atoms with Crippen LogP contribution in [0.3, 0.4) is 0 Å². The van der Waals surface area contributed by atoms with E-state index in [1.165, 1.54) is 77.9 Å². The summed E-state index contributed by atoms with van der Waals surface area (Å²) in [5.74, 6) is 0. The Labute approximate surface area is 222 Å². The molecule has 172 valence electrons. The molecule has 0 unspecified atom stereocenters. The number of rotatable bonds is 2. The first kappa shape index (κ1) is 31.3. The molecule has 0 atom stereocenters. The second kappa shape index (κ2) is 14.6. The van der Waals surface area contributed by atoms with Gasteiger partial charge in [-0.15, -0.1) is 68.1 Å². The first-order valence-electron chi connectivity index (χ1n) is 11.0. The van der Waals surface area contributed by atoms with Crippen molar-refractivity contribution in [3.05, 3.63) is 81.9 Å². The summed E-state index contributed by atoms with van der Waals surface area (Å²) in [5.41, 5.74) is 8.72. The summed E-state index contributed by atoms with van der Waals surface area (Å²) in [7, 11) is 0.